The number of ether oxygens (including phenoxy) is 1. The minimum Gasteiger partial charge on any atom is -0.481 e. The smallest absolute Gasteiger partial charge is 0.265 e. The number of carbonyl (C=O) groups excluding carboxylic acids is 2. The van der Waals surface area contributed by atoms with E-state index < -0.39 is 22.0 Å². The van der Waals surface area contributed by atoms with Crippen LogP contribution < -0.4 is 15.4 Å². The molecule has 2 aliphatic rings. The molecule has 0 bridgehead atoms. The third-order valence-electron chi connectivity index (χ3n) is 7.75. The first-order valence-corrected chi connectivity index (χ1v) is 16.1. The fourth-order valence-electron chi connectivity index (χ4n) is 5.22. The van der Waals surface area contributed by atoms with Gasteiger partial charge in [0.25, 0.3) is 11.8 Å². The Morgan fingerprint density at radius 3 is 2.34 bits per heavy atom. The molecule has 4 rings (SSSR count). The predicted octanol–water partition coefficient (Wildman–Crippen LogP) is 5.35. The molecular formula is C29H40N2O5S2. The minimum absolute atomic E-state index is 0.0423. The lowest BCUT2D eigenvalue weighted by Gasteiger charge is -2.33. The molecule has 7 nitrogen and oxygen atoms in total. The van der Waals surface area contributed by atoms with E-state index in [0.29, 0.717) is 34.6 Å². The Kier molecular flexibility index (Phi) is 8.28. The van der Waals surface area contributed by atoms with E-state index in [-0.39, 0.29) is 28.7 Å². The summed E-state index contributed by atoms with van der Waals surface area (Å²) in [5.74, 6) is 0.887. The van der Waals surface area contributed by atoms with Crippen LogP contribution in [0.5, 0.6) is 5.75 Å². The molecule has 0 spiro atoms. The van der Waals surface area contributed by atoms with Crippen LogP contribution in [0.1, 0.15) is 86.7 Å². The van der Waals surface area contributed by atoms with Crippen molar-refractivity contribution >= 4 is 38.0 Å². The summed E-state index contributed by atoms with van der Waals surface area (Å²) in [5.41, 5.74) is 2.78. The SMILES string of the molecule is CC(Oc1ccc(C(C)C)cc1)C(=O)Nc1sc2c(c1C(=O)NC1CCS(=O)(=O)C1)CCC(C(C)(C)C)C2. The highest BCUT2D eigenvalue weighted by Gasteiger charge is 2.36. The van der Waals surface area contributed by atoms with E-state index in [1.54, 1.807) is 6.92 Å². The Morgan fingerprint density at radius 2 is 1.76 bits per heavy atom. The molecule has 1 fully saturated rings. The van der Waals surface area contributed by atoms with E-state index >= 15 is 0 Å². The second-order valence-corrected chi connectivity index (χ2v) is 15.4. The van der Waals surface area contributed by atoms with Crippen LogP contribution in [0.3, 0.4) is 0 Å². The van der Waals surface area contributed by atoms with Crippen molar-refractivity contribution in [1.82, 2.24) is 5.32 Å². The van der Waals surface area contributed by atoms with Crippen molar-refractivity contribution in [2.24, 2.45) is 11.3 Å². The fourth-order valence-corrected chi connectivity index (χ4v) is 8.22. The van der Waals surface area contributed by atoms with Crippen LogP contribution in [0.4, 0.5) is 5.00 Å². The molecule has 1 saturated heterocycles. The lowest BCUT2D eigenvalue weighted by atomic mass is 9.72. The van der Waals surface area contributed by atoms with Crippen LogP contribution in [0.15, 0.2) is 24.3 Å². The lowest BCUT2D eigenvalue weighted by molar-refractivity contribution is -0.122. The summed E-state index contributed by atoms with van der Waals surface area (Å²) in [6, 6.07) is 7.31. The molecule has 3 atom stereocenters. The molecule has 0 radical (unpaired) electrons. The Bertz CT molecular complexity index is 1290. The van der Waals surface area contributed by atoms with Gasteiger partial charge in [0, 0.05) is 10.9 Å². The number of thiophene rings is 1. The topological polar surface area (TPSA) is 102 Å². The Morgan fingerprint density at radius 1 is 1.08 bits per heavy atom. The molecule has 1 aromatic carbocycles. The monoisotopic (exact) mass is 560 g/mol. The maximum Gasteiger partial charge on any atom is 0.265 e. The second-order valence-electron chi connectivity index (χ2n) is 12.1. The molecule has 2 amide bonds. The van der Waals surface area contributed by atoms with Gasteiger partial charge in [0.15, 0.2) is 15.9 Å². The Balaban J connectivity index is 1.55. The number of benzene rings is 1. The number of hydrogen-bond acceptors (Lipinski definition) is 6. The van der Waals surface area contributed by atoms with Gasteiger partial charge in [-0.05, 0) is 73.1 Å². The molecule has 1 aliphatic heterocycles. The van der Waals surface area contributed by atoms with Gasteiger partial charge in [-0.3, -0.25) is 9.59 Å². The molecule has 0 saturated carbocycles. The first-order chi connectivity index (χ1) is 17.7. The number of amides is 2. The van der Waals surface area contributed by atoms with Gasteiger partial charge in [-0.15, -0.1) is 11.3 Å². The third-order valence-corrected chi connectivity index (χ3v) is 10.7. The van der Waals surface area contributed by atoms with Gasteiger partial charge in [0.05, 0.1) is 17.1 Å². The maximum atomic E-state index is 13.5. The second kappa shape index (κ2) is 11.0. The van der Waals surface area contributed by atoms with Gasteiger partial charge >= 0.3 is 0 Å². The molecular weight excluding hydrogens is 520 g/mol. The van der Waals surface area contributed by atoms with Gasteiger partial charge in [-0.2, -0.15) is 0 Å². The molecule has 38 heavy (non-hydrogen) atoms. The van der Waals surface area contributed by atoms with E-state index in [1.165, 1.54) is 16.9 Å². The van der Waals surface area contributed by atoms with E-state index in [2.05, 4.69) is 45.3 Å². The normalized spacial score (nSPS) is 21.6. The zero-order chi connectivity index (χ0) is 27.8. The van der Waals surface area contributed by atoms with E-state index in [9.17, 15) is 18.0 Å². The van der Waals surface area contributed by atoms with Gasteiger partial charge in [0.1, 0.15) is 10.8 Å². The molecule has 9 heteroatoms. The number of carbonyl (C=O) groups is 2. The fraction of sp³-hybridized carbons (Fsp3) is 0.586. The molecule has 1 aromatic heterocycles. The van der Waals surface area contributed by atoms with Crippen molar-refractivity contribution < 1.29 is 22.7 Å². The highest BCUT2D eigenvalue weighted by atomic mass is 32.2. The van der Waals surface area contributed by atoms with Crippen molar-refractivity contribution in [2.45, 2.75) is 85.3 Å². The molecule has 2 heterocycles. The summed E-state index contributed by atoms with van der Waals surface area (Å²) < 4.78 is 29.8. The number of rotatable bonds is 7. The van der Waals surface area contributed by atoms with Crippen molar-refractivity contribution in [3.05, 3.63) is 45.8 Å². The number of hydrogen-bond donors (Lipinski definition) is 2. The van der Waals surface area contributed by atoms with Crippen LogP contribution in [-0.4, -0.2) is 43.9 Å². The van der Waals surface area contributed by atoms with Crippen LogP contribution in [0.2, 0.25) is 0 Å². The van der Waals surface area contributed by atoms with Crippen LogP contribution in [-0.2, 0) is 27.5 Å². The lowest BCUT2D eigenvalue weighted by Crippen LogP contribution is -2.37. The highest BCUT2D eigenvalue weighted by molar-refractivity contribution is 7.91. The van der Waals surface area contributed by atoms with Gasteiger partial charge < -0.3 is 15.4 Å². The number of nitrogens with one attached hydrogen (secondary N) is 2. The number of sulfone groups is 1. The van der Waals surface area contributed by atoms with Gasteiger partial charge in [0.2, 0.25) is 0 Å². The van der Waals surface area contributed by atoms with Crippen molar-refractivity contribution in [3.63, 3.8) is 0 Å². The molecule has 3 unspecified atom stereocenters. The molecule has 208 valence electrons. The third kappa shape index (κ3) is 6.60. The van der Waals surface area contributed by atoms with Crippen LogP contribution in [0, 0.1) is 11.3 Å². The summed E-state index contributed by atoms with van der Waals surface area (Å²) in [5, 5.41) is 6.41. The quantitative estimate of drug-likeness (QED) is 0.476. The summed E-state index contributed by atoms with van der Waals surface area (Å²) in [6.07, 6.45) is 2.21. The summed E-state index contributed by atoms with van der Waals surface area (Å²) in [7, 11) is -3.13. The zero-order valence-electron chi connectivity index (χ0n) is 23.2. The molecule has 2 N–H and O–H groups in total. The van der Waals surface area contributed by atoms with E-state index in [4.69, 9.17) is 4.74 Å². The van der Waals surface area contributed by atoms with E-state index in [1.807, 2.05) is 24.3 Å². The Hall–Kier alpha value is -2.39. The van der Waals surface area contributed by atoms with Crippen molar-refractivity contribution in [1.29, 1.82) is 0 Å². The van der Waals surface area contributed by atoms with Crippen LogP contribution >= 0.6 is 11.3 Å². The average molecular weight is 561 g/mol. The average Bonchev–Trinajstić information content (AvgIpc) is 3.36. The summed E-state index contributed by atoms with van der Waals surface area (Å²) >= 11 is 1.46. The Labute approximate surface area is 230 Å². The molecule has 2 aromatic rings. The predicted molar refractivity (Wildman–Crippen MR) is 153 cm³/mol. The summed E-state index contributed by atoms with van der Waals surface area (Å²) in [4.78, 5) is 27.8. The highest BCUT2D eigenvalue weighted by Crippen LogP contribution is 2.44. The van der Waals surface area contributed by atoms with Crippen LogP contribution in [0.25, 0.3) is 0 Å². The zero-order valence-corrected chi connectivity index (χ0v) is 24.9. The first kappa shape index (κ1) is 28.6. The van der Waals surface area contributed by atoms with Crippen molar-refractivity contribution in [3.8, 4) is 5.75 Å². The van der Waals surface area contributed by atoms with E-state index in [0.717, 1.165) is 29.7 Å². The minimum atomic E-state index is -3.13. The summed E-state index contributed by atoms with van der Waals surface area (Å²) in [6.45, 7) is 12.6. The van der Waals surface area contributed by atoms with Gasteiger partial charge in [-0.1, -0.05) is 46.8 Å². The number of anilines is 1. The van der Waals surface area contributed by atoms with Gasteiger partial charge in [-0.25, -0.2) is 8.42 Å². The molecule has 1 aliphatic carbocycles. The number of fused-ring (bicyclic) bond motifs is 1. The maximum absolute atomic E-state index is 13.5. The largest absolute Gasteiger partial charge is 0.481 e. The standard InChI is InChI=1S/C29H40N2O5S2/c1-17(2)19-7-10-22(11-8-19)36-18(3)26(32)31-28-25(27(33)30-21-13-14-38(34,35)16-21)23-12-9-20(29(4,5)6)15-24(23)37-28/h7-8,10-11,17-18,20-21H,9,12-16H2,1-6H3,(H,30,33)(H,31,32). The first-order valence-electron chi connectivity index (χ1n) is 13.5. The van der Waals surface area contributed by atoms with Crippen molar-refractivity contribution in [2.75, 3.05) is 16.8 Å².